The average molecular weight is 214 g/mol. The van der Waals surface area contributed by atoms with Gasteiger partial charge in [0, 0.05) is 30.9 Å². The number of nitrogens with two attached hydrogens (primary N) is 1. The van der Waals surface area contributed by atoms with E-state index in [1.807, 2.05) is 36.2 Å². The molecular weight excluding hydrogens is 196 g/mol. The Bertz CT molecular complexity index is 207. The Morgan fingerprint density at radius 3 is 2.71 bits per heavy atom. The highest BCUT2D eigenvalue weighted by Gasteiger charge is 1.90. The predicted octanol–water partition coefficient (Wildman–Crippen LogP) is 1.27. The zero-order chi connectivity index (χ0) is 10.6. The quantitative estimate of drug-likeness (QED) is 0.741. The summed E-state index contributed by atoms with van der Waals surface area (Å²) in [6.07, 6.45) is 1.82. The molecule has 0 aliphatic carbocycles. The van der Waals surface area contributed by atoms with Gasteiger partial charge in [-0.25, -0.2) is 0 Å². The first kappa shape index (κ1) is 13.4. The number of pyridine rings is 1. The Balaban J connectivity index is 0.000000500. The largest absolute Gasteiger partial charge is 0.397 e. The van der Waals surface area contributed by atoms with Crippen molar-refractivity contribution in [3.05, 3.63) is 30.1 Å². The second-order valence-corrected chi connectivity index (χ2v) is 3.58. The normalized spacial score (nSPS) is 9.07. The summed E-state index contributed by atoms with van der Waals surface area (Å²) in [6, 6.07) is 5.96. The van der Waals surface area contributed by atoms with Gasteiger partial charge in [-0.1, -0.05) is 6.07 Å². The van der Waals surface area contributed by atoms with Crippen LogP contribution in [0.25, 0.3) is 0 Å². The lowest BCUT2D eigenvalue weighted by Gasteiger charge is -1.97. The highest BCUT2D eigenvalue weighted by molar-refractivity contribution is 7.98. The van der Waals surface area contributed by atoms with Crippen molar-refractivity contribution in [3.63, 3.8) is 0 Å². The summed E-state index contributed by atoms with van der Waals surface area (Å²) in [5.74, 6) is 1.98. The molecule has 14 heavy (non-hydrogen) atoms. The van der Waals surface area contributed by atoms with Gasteiger partial charge in [0.05, 0.1) is 5.69 Å². The lowest BCUT2D eigenvalue weighted by atomic mass is 10.4. The lowest BCUT2D eigenvalue weighted by Crippen LogP contribution is -2.01. The van der Waals surface area contributed by atoms with E-state index in [1.165, 1.54) is 0 Å². The number of hydrogen-bond acceptors (Lipinski definition) is 4. The molecule has 0 atom stereocenters. The van der Waals surface area contributed by atoms with E-state index in [2.05, 4.69) is 4.98 Å². The third kappa shape index (κ3) is 8.04. The van der Waals surface area contributed by atoms with Crippen molar-refractivity contribution in [2.24, 2.45) is 5.73 Å². The minimum Gasteiger partial charge on any atom is -0.397 e. The Labute approximate surface area is 89.7 Å². The molecule has 0 fully saturated rings. The van der Waals surface area contributed by atoms with E-state index in [0.29, 0.717) is 0 Å². The van der Waals surface area contributed by atoms with Crippen molar-refractivity contribution in [2.75, 3.05) is 18.9 Å². The van der Waals surface area contributed by atoms with Gasteiger partial charge in [-0.3, -0.25) is 4.98 Å². The van der Waals surface area contributed by atoms with Gasteiger partial charge in [-0.2, -0.15) is 11.8 Å². The van der Waals surface area contributed by atoms with Crippen LogP contribution in [0, 0.1) is 0 Å². The first-order valence-corrected chi connectivity index (χ1v) is 5.79. The van der Waals surface area contributed by atoms with E-state index in [4.69, 9.17) is 10.8 Å². The molecule has 0 spiro atoms. The van der Waals surface area contributed by atoms with Crippen LogP contribution < -0.4 is 5.73 Å². The maximum absolute atomic E-state index is 7.57. The fourth-order valence-electron chi connectivity index (χ4n) is 0.744. The van der Waals surface area contributed by atoms with E-state index < -0.39 is 0 Å². The topological polar surface area (TPSA) is 59.1 Å². The van der Waals surface area contributed by atoms with Gasteiger partial charge < -0.3 is 10.8 Å². The molecule has 0 aromatic carbocycles. The van der Waals surface area contributed by atoms with E-state index in [-0.39, 0.29) is 6.61 Å². The van der Waals surface area contributed by atoms with E-state index in [9.17, 15) is 0 Å². The fraction of sp³-hybridized carbons (Fsp3) is 0.500. The number of rotatable bonds is 4. The molecule has 1 aromatic rings. The highest BCUT2D eigenvalue weighted by Crippen LogP contribution is 2.07. The number of thioether (sulfide) groups is 1. The van der Waals surface area contributed by atoms with Crippen molar-refractivity contribution in [2.45, 2.75) is 12.7 Å². The molecule has 1 rings (SSSR count). The van der Waals surface area contributed by atoms with Gasteiger partial charge in [-0.15, -0.1) is 0 Å². The first-order valence-electron chi connectivity index (χ1n) is 4.63. The zero-order valence-electron chi connectivity index (χ0n) is 8.52. The number of aliphatic hydroxyl groups excluding tert-OH is 1. The molecule has 3 N–H and O–H groups in total. The van der Waals surface area contributed by atoms with E-state index in [0.717, 1.165) is 23.7 Å². The zero-order valence-corrected chi connectivity index (χ0v) is 9.33. The minimum absolute atomic E-state index is 0.250. The number of aliphatic hydroxyl groups is 1. The van der Waals surface area contributed by atoms with E-state index >= 15 is 0 Å². The van der Waals surface area contributed by atoms with Crippen LogP contribution in [-0.2, 0) is 5.75 Å². The Morgan fingerprint density at radius 1 is 1.50 bits per heavy atom. The predicted molar refractivity (Wildman–Crippen MR) is 62.2 cm³/mol. The van der Waals surface area contributed by atoms with Crippen molar-refractivity contribution >= 4 is 11.8 Å². The number of aromatic nitrogens is 1. The van der Waals surface area contributed by atoms with Crippen LogP contribution in [0.5, 0.6) is 0 Å². The molecule has 0 saturated carbocycles. The molecule has 0 saturated heterocycles. The first-order chi connectivity index (χ1) is 6.85. The maximum atomic E-state index is 7.57. The average Bonchev–Trinajstić information content (AvgIpc) is 2.21. The summed E-state index contributed by atoms with van der Waals surface area (Å²) in [6.45, 7) is 2.68. The van der Waals surface area contributed by atoms with Crippen LogP contribution in [0.1, 0.15) is 12.6 Å². The second kappa shape index (κ2) is 10.5. The van der Waals surface area contributed by atoms with Crippen molar-refractivity contribution in [3.8, 4) is 0 Å². The molecule has 1 aromatic heterocycles. The third-order valence-electron chi connectivity index (χ3n) is 1.24. The van der Waals surface area contributed by atoms with Crippen LogP contribution in [0.2, 0.25) is 0 Å². The molecule has 0 bridgehead atoms. The molecule has 0 aliphatic rings. The van der Waals surface area contributed by atoms with Crippen LogP contribution in [-0.4, -0.2) is 29.0 Å². The molecule has 0 unspecified atom stereocenters. The smallest absolute Gasteiger partial charge is 0.0502 e. The monoisotopic (exact) mass is 214 g/mol. The summed E-state index contributed by atoms with van der Waals surface area (Å²) in [4.78, 5) is 4.19. The fourth-order valence-corrected chi connectivity index (χ4v) is 1.43. The highest BCUT2D eigenvalue weighted by atomic mass is 32.2. The molecule has 0 radical (unpaired) electrons. The SMILES string of the molecule is CCO.NCCSCc1ccccn1. The van der Waals surface area contributed by atoms with Gasteiger partial charge in [0.15, 0.2) is 0 Å². The summed E-state index contributed by atoms with van der Waals surface area (Å²) in [5.41, 5.74) is 6.48. The van der Waals surface area contributed by atoms with Crippen molar-refractivity contribution in [1.29, 1.82) is 0 Å². The molecular formula is C10H18N2OS. The summed E-state index contributed by atoms with van der Waals surface area (Å²) < 4.78 is 0. The lowest BCUT2D eigenvalue weighted by molar-refractivity contribution is 0.318. The summed E-state index contributed by atoms with van der Waals surface area (Å²) >= 11 is 1.82. The van der Waals surface area contributed by atoms with Crippen LogP contribution in [0.3, 0.4) is 0 Å². The standard InChI is InChI=1S/C8H12N2S.C2H6O/c9-4-6-11-7-8-3-1-2-5-10-8;1-2-3/h1-3,5H,4,6-7,9H2;3H,2H2,1H3. The maximum Gasteiger partial charge on any atom is 0.0502 e. The van der Waals surface area contributed by atoms with Gasteiger partial charge in [0.25, 0.3) is 0 Å². The minimum atomic E-state index is 0.250. The summed E-state index contributed by atoms with van der Waals surface area (Å²) in [5, 5.41) is 7.57. The number of nitrogens with zero attached hydrogens (tertiary/aromatic N) is 1. The second-order valence-electron chi connectivity index (χ2n) is 2.48. The van der Waals surface area contributed by atoms with Gasteiger partial charge in [0.1, 0.15) is 0 Å². The van der Waals surface area contributed by atoms with Crippen molar-refractivity contribution < 1.29 is 5.11 Å². The Hall–Kier alpha value is -0.580. The van der Waals surface area contributed by atoms with Crippen molar-refractivity contribution in [1.82, 2.24) is 4.98 Å². The van der Waals surface area contributed by atoms with Crippen LogP contribution >= 0.6 is 11.8 Å². The molecule has 1 heterocycles. The third-order valence-corrected chi connectivity index (χ3v) is 2.26. The molecule has 4 heteroatoms. The molecule has 3 nitrogen and oxygen atoms in total. The molecule has 0 amide bonds. The molecule has 0 aliphatic heterocycles. The Morgan fingerprint density at radius 2 is 2.21 bits per heavy atom. The van der Waals surface area contributed by atoms with Gasteiger partial charge in [-0.05, 0) is 19.1 Å². The molecule has 80 valence electrons. The van der Waals surface area contributed by atoms with Crippen LogP contribution in [0.4, 0.5) is 0 Å². The summed E-state index contributed by atoms with van der Waals surface area (Å²) in [7, 11) is 0. The van der Waals surface area contributed by atoms with Gasteiger partial charge in [0.2, 0.25) is 0 Å². The van der Waals surface area contributed by atoms with Gasteiger partial charge >= 0.3 is 0 Å². The van der Waals surface area contributed by atoms with E-state index in [1.54, 1.807) is 6.92 Å². The number of hydrogen-bond donors (Lipinski definition) is 2. The van der Waals surface area contributed by atoms with Crippen LogP contribution in [0.15, 0.2) is 24.4 Å². The Kier molecular flexibility index (Phi) is 10.1.